The van der Waals surface area contributed by atoms with Crippen molar-refractivity contribution in [2.75, 3.05) is 5.75 Å². The predicted octanol–water partition coefficient (Wildman–Crippen LogP) is -0.0809. The molecule has 0 amide bonds. The van der Waals surface area contributed by atoms with Crippen molar-refractivity contribution in [3.63, 3.8) is 0 Å². The average Bonchev–Trinajstić information content (AvgIpc) is 2.64. The summed E-state index contributed by atoms with van der Waals surface area (Å²) in [5.41, 5.74) is 0.208. The van der Waals surface area contributed by atoms with Crippen molar-refractivity contribution in [2.45, 2.75) is 18.1 Å². The summed E-state index contributed by atoms with van der Waals surface area (Å²) in [4.78, 5) is 30.3. The van der Waals surface area contributed by atoms with E-state index in [1.807, 2.05) is 4.57 Å². The number of nitrogens with zero attached hydrogens (tertiary/aromatic N) is 3. The quantitative estimate of drug-likeness (QED) is 0.696. The Morgan fingerprint density at radius 1 is 1.44 bits per heavy atom. The monoisotopic (exact) mass is 238 g/mol. The van der Waals surface area contributed by atoms with Gasteiger partial charge in [0.2, 0.25) is 0 Å². The van der Waals surface area contributed by atoms with Gasteiger partial charge >= 0.3 is 5.69 Å². The third kappa shape index (κ3) is 1.18. The van der Waals surface area contributed by atoms with E-state index in [9.17, 15) is 9.59 Å². The molecular formula is C9H10N4O2S. The smallest absolute Gasteiger partial charge is 0.313 e. The van der Waals surface area contributed by atoms with Gasteiger partial charge in [-0.25, -0.2) is 9.78 Å². The average molecular weight is 238 g/mol. The van der Waals surface area contributed by atoms with Gasteiger partial charge in [0.1, 0.15) is 0 Å². The molecule has 6 nitrogen and oxygen atoms in total. The number of H-pyrrole nitrogens is 1. The largest absolute Gasteiger partial charge is 0.329 e. The zero-order chi connectivity index (χ0) is 11.3. The zero-order valence-corrected chi connectivity index (χ0v) is 9.50. The SMILES string of the molecule is Cn1c(=O)[nH]c2nc3n(c2c1=O)CCCS3. The number of hydrogen-bond acceptors (Lipinski definition) is 4. The standard InChI is InChI=1S/C9H10N4O2S/c1-12-7(14)5-6(10-8(12)15)11-9-13(5)3-2-4-16-9/h2-4H2,1H3,(H,10,15). The van der Waals surface area contributed by atoms with Crippen LogP contribution < -0.4 is 11.2 Å². The summed E-state index contributed by atoms with van der Waals surface area (Å²) in [7, 11) is 1.47. The van der Waals surface area contributed by atoms with Gasteiger partial charge in [-0.05, 0) is 6.42 Å². The van der Waals surface area contributed by atoms with E-state index in [4.69, 9.17) is 0 Å². The van der Waals surface area contributed by atoms with E-state index < -0.39 is 5.69 Å². The Bertz CT molecular complexity index is 681. The van der Waals surface area contributed by atoms with Crippen LogP contribution in [0.25, 0.3) is 11.2 Å². The van der Waals surface area contributed by atoms with Gasteiger partial charge in [-0.15, -0.1) is 0 Å². The van der Waals surface area contributed by atoms with Crippen LogP contribution in [0, 0.1) is 0 Å². The molecule has 0 atom stereocenters. The fourth-order valence-electron chi connectivity index (χ4n) is 1.88. The molecule has 1 aliphatic rings. The lowest BCUT2D eigenvalue weighted by Gasteiger charge is -2.12. The number of thioether (sulfide) groups is 1. The number of hydrogen-bond donors (Lipinski definition) is 1. The Hall–Kier alpha value is -1.50. The first-order chi connectivity index (χ1) is 7.68. The van der Waals surface area contributed by atoms with E-state index in [0.717, 1.165) is 28.4 Å². The molecule has 1 N–H and O–H groups in total. The number of aromatic nitrogens is 4. The molecule has 0 aliphatic carbocycles. The molecule has 0 bridgehead atoms. The van der Waals surface area contributed by atoms with Crippen molar-refractivity contribution in [1.29, 1.82) is 0 Å². The topological polar surface area (TPSA) is 72.7 Å². The van der Waals surface area contributed by atoms with Gasteiger partial charge in [0.15, 0.2) is 16.3 Å². The molecule has 0 radical (unpaired) electrons. The Labute approximate surface area is 94.3 Å². The molecule has 7 heteroatoms. The normalized spacial score (nSPS) is 15.3. The van der Waals surface area contributed by atoms with E-state index in [1.54, 1.807) is 11.8 Å². The molecular weight excluding hydrogens is 228 g/mol. The lowest BCUT2D eigenvalue weighted by Crippen LogP contribution is -2.33. The van der Waals surface area contributed by atoms with Gasteiger partial charge in [-0.2, -0.15) is 0 Å². The van der Waals surface area contributed by atoms with Crippen molar-refractivity contribution in [3.05, 3.63) is 20.8 Å². The molecule has 2 aromatic rings. The maximum atomic E-state index is 12.0. The highest BCUT2D eigenvalue weighted by atomic mass is 32.2. The van der Waals surface area contributed by atoms with Crippen LogP contribution in [0.3, 0.4) is 0 Å². The summed E-state index contributed by atoms with van der Waals surface area (Å²) in [6.45, 7) is 0.792. The van der Waals surface area contributed by atoms with Gasteiger partial charge in [-0.3, -0.25) is 14.3 Å². The first-order valence-corrected chi connectivity index (χ1v) is 5.99. The summed E-state index contributed by atoms with van der Waals surface area (Å²) in [6.07, 6.45) is 1.02. The highest BCUT2D eigenvalue weighted by Crippen LogP contribution is 2.25. The first-order valence-electron chi connectivity index (χ1n) is 5.01. The summed E-state index contributed by atoms with van der Waals surface area (Å²) < 4.78 is 2.97. The number of fused-ring (bicyclic) bond motifs is 3. The fourth-order valence-corrected chi connectivity index (χ4v) is 2.83. The number of nitrogens with one attached hydrogen (secondary N) is 1. The summed E-state index contributed by atoms with van der Waals surface area (Å²) in [5, 5.41) is 0.820. The molecule has 1 aliphatic heterocycles. The lowest BCUT2D eigenvalue weighted by molar-refractivity contribution is 0.620. The maximum absolute atomic E-state index is 12.0. The number of aromatic amines is 1. The number of imidazole rings is 1. The molecule has 16 heavy (non-hydrogen) atoms. The Morgan fingerprint density at radius 2 is 2.25 bits per heavy atom. The Morgan fingerprint density at radius 3 is 3.06 bits per heavy atom. The second kappa shape index (κ2) is 3.24. The van der Waals surface area contributed by atoms with Gasteiger partial charge in [0.25, 0.3) is 5.56 Å². The van der Waals surface area contributed by atoms with Crippen LogP contribution >= 0.6 is 11.8 Å². The summed E-state index contributed by atoms with van der Waals surface area (Å²) in [5.74, 6) is 1.01. The van der Waals surface area contributed by atoms with Crippen LogP contribution in [0.15, 0.2) is 14.7 Å². The molecule has 0 fully saturated rings. The molecule has 0 saturated heterocycles. The van der Waals surface area contributed by atoms with Crippen LogP contribution in [0.2, 0.25) is 0 Å². The predicted molar refractivity (Wildman–Crippen MR) is 60.9 cm³/mol. The van der Waals surface area contributed by atoms with Crippen LogP contribution in [0.5, 0.6) is 0 Å². The highest BCUT2D eigenvalue weighted by Gasteiger charge is 2.19. The van der Waals surface area contributed by atoms with Gasteiger partial charge in [-0.1, -0.05) is 11.8 Å². The fraction of sp³-hybridized carbons (Fsp3) is 0.444. The number of aryl methyl sites for hydroxylation is 1. The summed E-state index contributed by atoms with van der Waals surface area (Å²) >= 11 is 1.62. The molecule has 0 unspecified atom stereocenters. The Balaban J connectivity index is 2.50. The molecule has 0 spiro atoms. The van der Waals surface area contributed by atoms with E-state index >= 15 is 0 Å². The minimum Gasteiger partial charge on any atom is -0.313 e. The molecule has 2 aromatic heterocycles. The third-order valence-electron chi connectivity index (χ3n) is 2.73. The zero-order valence-electron chi connectivity index (χ0n) is 8.69. The molecule has 0 aromatic carbocycles. The van der Waals surface area contributed by atoms with Crippen molar-refractivity contribution in [3.8, 4) is 0 Å². The minimum absolute atomic E-state index is 0.278. The van der Waals surface area contributed by atoms with Gasteiger partial charge in [0, 0.05) is 19.3 Å². The van der Waals surface area contributed by atoms with Crippen LogP contribution in [0.1, 0.15) is 6.42 Å². The highest BCUT2D eigenvalue weighted by molar-refractivity contribution is 7.99. The summed E-state index contributed by atoms with van der Waals surface area (Å²) in [6, 6.07) is 0. The van der Waals surface area contributed by atoms with E-state index in [0.29, 0.717) is 11.2 Å². The van der Waals surface area contributed by atoms with Crippen LogP contribution in [-0.2, 0) is 13.6 Å². The molecule has 3 heterocycles. The third-order valence-corrected chi connectivity index (χ3v) is 3.79. The number of rotatable bonds is 0. The molecule has 3 rings (SSSR count). The van der Waals surface area contributed by atoms with Crippen LogP contribution in [-0.4, -0.2) is 24.9 Å². The maximum Gasteiger partial charge on any atom is 0.329 e. The van der Waals surface area contributed by atoms with E-state index in [1.165, 1.54) is 7.05 Å². The molecule has 0 saturated carbocycles. The van der Waals surface area contributed by atoms with Crippen molar-refractivity contribution < 1.29 is 0 Å². The van der Waals surface area contributed by atoms with Gasteiger partial charge < -0.3 is 4.57 Å². The minimum atomic E-state index is -0.419. The molecule has 84 valence electrons. The van der Waals surface area contributed by atoms with E-state index in [-0.39, 0.29) is 5.56 Å². The van der Waals surface area contributed by atoms with Crippen LogP contribution in [0.4, 0.5) is 0 Å². The second-order valence-electron chi connectivity index (χ2n) is 3.74. The lowest BCUT2D eigenvalue weighted by atomic mass is 10.4. The van der Waals surface area contributed by atoms with Crippen molar-refractivity contribution in [2.24, 2.45) is 7.05 Å². The first kappa shape index (κ1) is 9.71. The second-order valence-corrected chi connectivity index (χ2v) is 4.80. The van der Waals surface area contributed by atoms with Crippen molar-refractivity contribution in [1.82, 2.24) is 19.1 Å². The van der Waals surface area contributed by atoms with E-state index in [2.05, 4.69) is 9.97 Å². The van der Waals surface area contributed by atoms with Gasteiger partial charge in [0.05, 0.1) is 0 Å². The van der Waals surface area contributed by atoms with Crippen molar-refractivity contribution >= 4 is 22.9 Å². The Kier molecular flexibility index (Phi) is 1.97.